The molecule has 1 aliphatic carbocycles. The van der Waals surface area contributed by atoms with Gasteiger partial charge < -0.3 is 5.32 Å². The van der Waals surface area contributed by atoms with Crippen molar-refractivity contribution in [3.05, 3.63) is 24.4 Å². The van der Waals surface area contributed by atoms with E-state index in [2.05, 4.69) is 10.3 Å². The summed E-state index contributed by atoms with van der Waals surface area (Å²) in [6.45, 7) is 0.590. The Morgan fingerprint density at radius 2 is 2.21 bits per heavy atom. The second-order valence-corrected chi connectivity index (χ2v) is 3.73. The number of hydrogen-bond donors (Lipinski definition) is 1. The molecule has 1 heterocycles. The second-order valence-electron chi connectivity index (χ2n) is 3.73. The fourth-order valence-electron chi connectivity index (χ4n) is 1.65. The maximum Gasteiger partial charge on any atom is 0.248 e. The average Bonchev–Trinajstić information content (AvgIpc) is 2.13. The summed E-state index contributed by atoms with van der Waals surface area (Å²) in [5.74, 6) is -1.58. The summed E-state index contributed by atoms with van der Waals surface area (Å²) in [5.41, 5.74) is 0. The highest BCUT2D eigenvalue weighted by molar-refractivity contribution is 5.33. The van der Waals surface area contributed by atoms with E-state index in [1.807, 2.05) is 18.2 Å². The lowest BCUT2D eigenvalue weighted by Gasteiger charge is -2.34. The highest BCUT2D eigenvalue weighted by Crippen LogP contribution is 2.42. The van der Waals surface area contributed by atoms with Crippen LogP contribution in [0.2, 0.25) is 0 Å². The number of hydrogen-bond acceptors (Lipinski definition) is 2. The van der Waals surface area contributed by atoms with Crippen LogP contribution in [0.25, 0.3) is 0 Å². The first-order valence-electron chi connectivity index (χ1n) is 4.68. The maximum absolute atomic E-state index is 12.5. The van der Waals surface area contributed by atoms with E-state index < -0.39 is 5.92 Å². The smallest absolute Gasteiger partial charge is 0.248 e. The van der Waals surface area contributed by atoms with Gasteiger partial charge in [0.05, 0.1) is 0 Å². The number of rotatable bonds is 3. The summed E-state index contributed by atoms with van der Waals surface area (Å²) in [6.07, 6.45) is 1.69. The van der Waals surface area contributed by atoms with E-state index in [4.69, 9.17) is 0 Å². The number of alkyl halides is 2. The van der Waals surface area contributed by atoms with Gasteiger partial charge in [-0.3, -0.25) is 0 Å². The number of pyridine rings is 1. The van der Waals surface area contributed by atoms with Gasteiger partial charge in [-0.15, -0.1) is 0 Å². The molecule has 1 N–H and O–H groups in total. The van der Waals surface area contributed by atoms with Crippen LogP contribution in [-0.2, 0) is 0 Å². The third-order valence-electron chi connectivity index (χ3n) is 2.41. The van der Waals surface area contributed by atoms with Crippen LogP contribution in [-0.4, -0.2) is 17.5 Å². The zero-order valence-electron chi connectivity index (χ0n) is 7.71. The van der Waals surface area contributed by atoms with E-state index in [-0.39, 0.29) is 18.8 Å². The van der Waals surface area contributed by atoms with E-state index in [9.17, 15) is 8.78 Å². The molecule has 1 aromatic rings. The van der Waals surface area contributed by atoms with Crippen molar-refractivity contribution in [2.45, 2.75) is 18.8 Å². The Labute approximate surface area is 81.4 Å². The molecule has 0 amide bonds. The molecular formula is C10H12F2N2. The van der Waals surface area contributed by atoms with Gasteiger partial charge in [0.15, 0.2) is 0 Å². The molecule has 0 bridgehead atoms. The molecule has 1 fully saturated rings. The van der Waals surface area contributed by atoms with Crippen LogP contribution in [0.1, 0.15) is 12.8 Å². The van der Waals surface area contributed by atoms with Gasteiger partial charge in [0.1, 0.15) is 5.82 Å². The van der Waals surface area contributed by atoms with Gasteiger partial charge in [0, 0.05) is 25.6 Å². The number of aromatic nitrogens is 1. The zero-order chi connectivity index (χ0) is 10.0. The first kappa shape index (κ1) is 9.37. The molecule has 0 spiro atoms. The fraction of sp³-hybridized carbons (Fsp3) is 0.500. The van der Waals surface area contributed by atoms with Crippen LogP contribution in [0.5, 0.6) is 0 Å². The van der Waals surface area contributed by atoms with Crippen LogP contribution in [0.4, 0.5) is 14.6 Å². The molecule has 0 saturated heterocycles. The Balaban J connectivity index is 1.75. The number of halogens is 2. The summed E-state index contributed by atoms with van der Waals surface area (Å²) in [6, 6.07) is 5.52. The van der Waals surface area contributed by atoms with E-state index in [0.717, 1.165) is 5.82 Å². The van der Waals surface area contributed by atoms with Crippen molar-refractivity contribution in [2.75, 3.05) is 11.9 Å². The van der Waals surface area contributed by atoms with E-state index in [1.54, 1.807) is 6.20 Å². The number of nitrogens with zero attached hydrogens (tertiary/aromatic N) is 1. The van der Waals surface area contributed by atoms with Crippen molar-refractivity contribution in [1.29, 1.82) is 0 Å². The Morgan fingerprint density at radius 1 is 1.43 bits per heavy atom. The third-order valence-corrected chi connectivity index (χ3v) is 2.41. The van der Waals surface area contributed by atoms with Gasteiger partial charge in [0.25, 0.3) is 0 Å². The van der Waals surface area contributed by atoms with Crippen LogP contribution < -0.4 is 5.32 Å². The summed E-state index contributed by atoms with van der Waals surface area (Å²) < 4.78 is 24.9. The summed E-state index contributed by atoms with van der Waals surface area (Å²) in [5, 5.41) is 3.04. The lowest BCUT2D eigenvalue weighted by molar-refractivity contribution is -0.106. The van der Waals surface area contributed by atoms with E-state index in [0.29, 0.717) is 6.54 Å². The SMILES string of the molecule is FC1(F)CC(CNc2ccccn2)C1. The van der Waals surface area contributed by atoms with Gasteiger partial charge >= 0.3 is 0 Å². The second kappa shape index (κ2) is 3.52. The molecule has 0 unspecified atom stereocenters. The van der Waals surface area contributed by atoms with Crippen molar-refractivity contribution in [3.8, 4) is 0 Å². The molecule has 76 valence electrons. The zero-order valence-corrected chi connectivity index (χ0v) is 7.71. The summed E-state index contributed by atoms with van der Waals surface area (Å²) >= 11 is 0. The molecule has 1 aromatic heterocycles. The normalized spacial score (nSPS) is 20.1. The molecule has 2 rings (SSSR count). The van der Waals surface area contributed by atoms with E-state index >= 15 is 0 Å². The molecule has 2 nitrogen and oxygen atoms in total. The number of nitrogens with one attached hydrogen (secondary N) is 1. The fourth-order valence-corrected chi connectivity index (χ4v) is 1.65. The molecule has 0 atom stereocenters. The van der Waals surface area contributed by atoms with Crippen LogP contribution in [0.3, 0.4) is 0 Å². The third kappa shape index (κ3) is 2.19. The lowest BCUT2D eigenvalue weighted by Crippen LogP contribution is -2.39. The highest BCUT2D eigenvalue weighted by Gasteiger charge is 2.44. The van der Waals surface area contributed by atoms with Gasteiger partial charge in [-0.05, 0) is 18.1 Å². The van der Waals surface area contributed by atoms with Crippen molar-refractivity contribution < 1.29 is 8.78 Å². The molecule has 0 aliphatic heterocycles. The van der Waals surface area contributed by atoms with E-state index in [1.165, 1.54) is 0 Å². The minimum atomic E-state index is -2.42. The monoisotopic (exact) mass is 198 g/mol. The Bertz CT molecular complexity index is 292. The maximum atomic E-state index is 12.5. The summed E-state index contributed by atoms with van der Waals surface area (Å²) in [4.78, 5) is 4.05. The van der Waals surface area contributed by atoms with Gasteiger partial charge in [-0.1, -0.05) is 6.07 Å². The molecule has 0 radical (unpaired) electrons. The topological polar surface area (TPSA) is 24.9 Å². The van der Waals surface area contributed by atoms with Crippen LogP contribution >= 0.6 is 0 Å². The minimum absolute atomic E-state index is 0.00678. The van der Waals surface area contributed by atoms with Crippen LogP contribution in [0, 0.1) is 5.92 Å². The molecule has 1 saturated carbocycles. The number of anilines is 1. The lowest BCUT2D eigenvalue weighted by atomic mass is 9.81. The van der Waals surface area contributed by atoms with Crippen molar-refractivity contribution in [1.82, 2.24) is 4.98 Å². The van der Waals surface area contributed by atoms with Crippen LogP contribution in [0.15, 0.2) is 24.4 Å². The first-order valence-corrected chi connectivity index (χ1v) is 4.68. The Kier molecular flexibility index (Phi) is 2.35. The summed E-state index contributed by atoms with van der Waals surface area (Å²) in [7, 11) is 0. The molecule has 4 heteroatoms. The van der Waals surface area contributed by atoms with Crippen molar-refractivity contribution >= 4 is 5.82 Å². The predicted octanol–water partition coefficient (Wildman–Crippen LogP) is 2.54. The standard InChI is InChI=1S/C10H12F2N2/c11-10(12)5-8(6-10)7-14-9-3-1-2-4-13-9/h1-4,8H,5-7H2,(H,13,14). The molecule has 1 aliphatic rings. The highest BCUT2D eigenvalue weighted by atomic mass is 19.3. The average molecular weight is 198 g/mol. The molecular weight excluding hydrogens is 186 g/mol. The minimum Gasteiger partial charge on any atom is -0.370 e. The van der Waals surface area contributed by atoms with Crippen molar-refractivity contribution in [2.24, 2.45) is 5.92 Å². The molecule has 14 heavy (non-hydrogen) atoms. The quantitative estimate of drug-likeness (QED) is 0.807. The predicted molar refractivity (Wildman–Crippen MR) is 50.4 cm³/mol. The van der Waals surface area contributed by atoms with Crippen molar-refractivity contribution in [3.63, 3.8) is 0 Å². The van der Waals surface area contributed by atoms with Gasteiger partial charge in [-0.25, -0.2) is 13.8 Å². The Hall–Kier alpha value is -1.19. The Morgan fingerprint density at radius 3 is 2.79 bits per heavy atom. The van der Waals surface area contributed by atoms with Gasteiger partial charge in [-0.2, -0.15) is 0 Å². The van der Waals surface area contributed by atoms with Gasteiger partial charge in [0.2, 0.25) is 5.92 Å². The first-order chi connectivity index (χ1) is 6.66. The largest absolute Gasteiger partial charge is 0.370 e. The molecule has 0 aromatic carbocycles.